The molecule has 44 heavy (non-hydrogen) atoms. The van der Waals surface area contributed by atoms with Gasteiger partial charge in [-0.25, -0.2) is 18.2 Å². The molecule has 232 valence electrons. The quantitative estimate of drug-likeness (QED) is 0.169. The molecule has 4 heterocycles. The van der Waals surface area contributed by atoms with Crippen LogP contribution in [0.3, 0.4) is 0 Å². The standard InChI is InChI=1S/C34H40N4O4S2/c1-23(2)27-18-26(17-25(4)31-8-9-32(43-31)29-7-5-6-11-35-29)19-28(20-27)34(39)42-14-10-24(3)30-21-37-33(22-36-30)38-12-15-44(40,41)16-13-38/h5-9,11,18-25H,10,12-17H2,1-4H3/t24-,25+/m1/s1. The van der Waals surface area contributed by atoms with Crippen LogP contribution in [0.4, 0.5) is 5.82 Å². The Morgan fingerprint density at radius 3 is 2.43 bits per heavy atom. The van der Waals surface area contributed by atoms with Crippen molar-refractivity contribution in [3.63, 3.8) is 0 Å². The SMILES string of the molecule is CC(C)c1cc(C[C@H](C)c2ccc(-c3ccccn3)s2)cc(C(=O)OCC[C@@H](C)c2cnc(N3CCS(=O)(=O)CC3)cn2)c1. The highest BCUT2D eigenvalue weighted by molar-refractivity contribution is 7.91. The number of pyridine rings is 1. The van der Waals surface area contributed by atoms with Gasteiger partial charge >= 0.3 is 5.97 Å². The van der Waals surface area contributed by atoms with Gasteiger partial charge in [0.15, 0.2) is 9.84 Å². The Labute approximate surface area is 264 Å². The van der Waals surface area contributed by atoms with Crippen molar-refractivity contribution in [1.82, 2.24) is 15.0 Å². The van der Waals surface area contributed by atoms with Crippen LogP contribution in [0.2, 0.25) is 0 Å². The molecule has 5 rings (SSSR count). The van der Waals surface area contributed by atoms with Gasteiger partial charge < -0.3 is 9.64 Å². The molecule has 0 radical (unpaired) electrons. The van der Waals surface area contributed by atoms with Gasteiger partial charge in [0.2, 0.25) is 0 Å². The van der Waals surface area contributed by atoms with Crippen molar-refractivity contribution in [2.45, 2.75) is 58.3 Å². The number of ether oxygens (including phenoxy) is 1. The molecule has 1 fully saturated rings. The largest absolute Gasteiger partial charge is 0.462 e. The van der Waals surface area contributed by atoms with E-state index in [0.29, 0.717) is 36.8 Å². The van der Waals surface area contributed by atoms with Gasteiger partial charge in [0.1, 0.15) is 5.82 Å². The number of thiophene rings is 1. The minimum Gasteiger partial charge on any atom is -0.462 e. The van der Waals surface area contributed by atoms with Crippen molar-refractivity contribution in [1.29, 1.82) is 0 Å². The van der Waals surface area contributed by atoms with Crippen LogP contribution in [0.15, 0.2) is 67.1 Å². The second-order valence-corrected chi connectivity index (χ2v) is 15.3. The number of carbonyl (C=O) groups excluding carboxylic acids is 1. The van der Waals surface area contributed by atoms with E-state index in [1.807, 2.05) is 48.4 Å². The van der Waals surface area contributed by atoms with E-state index in [1.54, 1.807) is 23.7 Å². The number of hydrogen-bond donors (Lipinski definition) is 0. The molecule has 0 N–H and O–H groups in total. The minimum absolute atomic E-state index is 0.0475. The fourth-order valence-electron chi connectivity index (χ4n) is 5.26. The van der Waals surface area contributed by atoms with E-state index in [2.05, 4.69) is 53.9 Å². The van der Waals surface area contributed by atoms with Crippen LogP contribution in [-0.4, -0.2) is 60.5 Å². The van der Waals surface area contributed by atoms with Gasteiger partial charge in [-0.15, -0.1) is 11.3 Å². The lowest BCUT2D eigenvalue weighted by Crippen LogP contribution is -2.40. The maximum absolute atomic E-state index is 13.2. The number of sulfone groups is 1. The molecule has 1 aliphatic rings. The molecular formula is C34H40N4O4S2. The van der Waals surface area contributed by atoms with Gasteiger partial charge in [0.05, 0.1) is 52.3 Å². The van der Waals surface area contributed by atoms with Crippen molar-refractivity contribution in [3.05, 3.63) is 94.4 Å². The van der Waals surface area contributed by atoms with Gasteiger partial charge in [-0.1, -0.05) is 39.8 Å². The molecule has 0 aliphatic carbocycles. The highest BCUT2D eigenvalue weighted by Gasteiger charge is 2.23. The summed E-state index contributed by atoms with van der Waals surface area (Å²) in [5.41, 5.74) is 4.63. The zero-order valence-electron chi connectivity index (χ0n) is 25.8. The molecule has 1 saturated heterocycles. The summed E-state index contributed by atoms with van der Waals surface area (Å²) in [6.07, 6.45) is 6.69. The zero-order valence-corrected chi connectivity index (χ0v) is 27.4. The number of anilines is 1. The lowest BCUT2D eigenvalue weighted by atomic mass is 9.93. The van der Waals surface area contributed by atoms with Crippen LogP contribution < -0.4 is 4.90 Å². The fraction of sp³-hybridized carbons (Fsp3) is 0.412. The number of hydrogen-bond acceptors (Lipinski definition) is 9. The van der Waals surface area contributed by atoms with E-state index in [4.69, 9.17) is 4.74 Å². The molecule has 0 unspecified atom stereocenters. The molecule has 8 nitrogen and oxygen atoms in total. The first-order valence-electron chi connectivity index (χ1n) is 15.2. The summed E-state index contributed by atoms with van der Waals surface area (Å²) in [7, 11) is -2.95. The summed E-state index contributed by atoms with van der Waals surface area (Å²) < 4.78 is 29.2. The van der Waals surface area contributed by atoms with E-state index in [-0.39, 0.29) is 35.9 Å². The molecular weight excluding hydrogens is 593 g/mol. The van der Waals surface area contributed by atoms with Gasteiger partial charge in [0.25, 0.3) is 0 Å². The molecule has 0 saturated carbocycles. The number of aromatic nitrogens is 3. The van der Waals surface area contributed by atoms with Crippen molar-refractivity contribution >= 4 is 33.0 Å². The van der Waals surface area contributed by atoms with Crippen molar-refractivity contribution in [2.24, 2.45) is 0 Å². The van der Waals surface area contributed by atoms with E-state index in [0.717, 1.165) is 33.8 Å². The number of carbonyl (C=O) groups is 1. The van der Waals surface area contributed by atoms with Crippen LogP contribution in [0.5, 0.6) is 0 Å². The lowest BCUT2D eigenvalue weighted by molar-refractivity contribution is 0.0494. The Balaban J connectivity index is 1.17. The first kappa shape index (κ1) is 31.8. The molecule has 1 aromatic carbocycles. The van der Waals surface area contributed by atoms with E-state index >= 15 is 0 Å². The average Bonchev–Trinajstić information content (AvgIpc) is 3.52. The fourth-order valence-corrected chi connectivity index (χ4v) is 7.49. The number of benzene rings is 1. The molecule has 4 aromatic rings. The summed E-state index contributed by atoms with van der Waals surface area (Å²) in [5.74, 6) is 1.27. The molecule has 2 atom stereocenters. The van der Waals surface area contributed by atoms with Gasteiger partial charge in [-0.05, 0) is 72.2 Å². The van der Waals surface area contributed by atoms with E-state index in [1.165, 1.54) is 4.88 Å². The first-order valence-corrected chi connectivity index (χ1v) is 17.8. The van der Waals surface area contributed by atoms with Crippen molar-refractivity contribution < 1.29 is 17.9 Å². The molecule has 1 aliphatic heterocycles. The summed E-state index contributed by atoms with van der Waals surface area (Å²) in [6, 6.07) is 16.4. The van der Waals surface area contributed by atoms with Crippen LogP contribution in [0.1, 0.15) is 83.9 Å². The Bertz CT molecular complexity index is 1660. The van der Waals surface area contributed by atoms with Gasteiger partial charge in [0, 0.05) is 30.1 Å². The third-order valence-corrected chi connectivity index (χ3v) is 11.1. The summed E-state index contributed by atoms with van der Waals surface area (Å²) in [5, 5.41) is 0. The molecule has 3 aromatic heterocycles. The Morgan fingerprint density at radius 1 is 0.955 bits per heavy atom. The maximum Gasteiger partial charge on any atom is 0.338 e. The lowest BCUT2D eigenvalue weighted by Gasteiger charge is -2.27. The normalized spacial score (nSPS) is 16.1. The number of nitrogens with zero attached hydrogens (tertiary/aromatic N) is 4. The van der Waals surface area contributed by atoms with E-state index in [9.17, 15) is 13.2 Å². The van der Waals surface area contributed by atoms with Crippen LogP contribution in [0.25, 0.3) is 10.6 Å². The van der Waals surface area contributed by atoms with Crippen LogP contribution in [-0.2, 0) is 21.0 Å². The molecule has 0 amide bonds. The minimum atomic E-state index is -2.95. The second-order valence-electron chi connectivity index (χ2n) is 11.9. The predicted molar refractivity (Wildman–Crippen MR) is 176 cm³/mol. The Hall–Kier alpha value is -3.63. The maximum atomic E-state index is 13.2. The second kappa shape index (κ2) is 14.0. The Morgan fingerprint density at radius 2 is 1.75 bits per heavy atom. The molecule has 10 heteroatoms. The summed E-state index contributed by atoms with van der Waals surface area (Å²) in [6.45, 7) is 9.67. The Kier molecular flexibility index (Phi) is 10.1. The van der Waals surface area contributed by atoms with Crippen LogP contribution in [0, 0.1) is 0 Å². The summed E-state index contributed by atoms with van der Waals surface area (Å²) in [4.78, 5) is 31.1. The number of rotatable bonds is 11. The monoisotopic (exact) mass is 632 g/mol. The predicted octanol–water partition coefficient (Wildman–Crippen LogP) is 6.66. The smallest absolute Gasteiger partial charge is 0.338 e. The van der Waals surface area contributed by atoms with Crippen LogP contribution >= 0.6 is 11.3 Å². The third kappa shape index (κ3) is 8.09. The van der Waals surface area contributed by atoms with Gasteiger partial charge in [-0.2, -0.15) is 0 Å². The first-order chi connectivity index (χ1) is 21.1. The average molecular weight is 633 g/mol. The molecule has 0 spiro atoms. The summed E-state index contributed by atoms with van der Waals surface area (Å²) >= 11 is 1.77. The highest BCUT2D eigenvalue weighted by Crippen LogP contribution is 2.33. The molecule has 0 bridgehead atoms. The van der Waals surface area contributed by atoms with Crippen molar-refractivity contribution in [3.8, 4) is 10.6 Å². The third-order valence-electron chi connectivity index (χ3n) is 8.10. The van der Waals surface area contributed by atoms with Crippen molar-refractivity contribution in [2.75, 3.05) is 36.1 Å². The topological polar surface area (TPSA) is 102 Å². The highest BCUT2D eigenvalue weighted by atomic mass is 32.2. The van der Waals surface area contributed by atoms with E-state index < -0.39 is 9.84 Å². The zero-order chi connectivity index (χ0) is 31.3. The van der Waals surface area contributed by atoms with Gasteiger partial charge in [-0.3, -0.25) is 9.97 Å². The number of esters is 1.